The van der Waals surface area contributed by atoms with Crippen molar-refractivity contribution < 1.29 is 19.2 Å². The second-order valence-corrected chi connectivity index (χ2v) is 5.70. The molecule has 6 heteroatoms. The number of hydrogen-bond acceptors (Lipinski definition) is 5. The lowest BCUT2D eigenvalue weighted by molar-refractivity contribution is -0.385. The van der Waals surface area contributed by atoms with Crippen LogP contribution in [0.1, 0.15) is 45.2 Å². The van der Waals surface area contributed by atoms with Gasteiger partial charge in [-0.1, -0.05) is 37.6 Å². The number of rotatable bonds is 7. The summed E-state index contributed by atoms with van der Waals surface area (Å²) >= 11 is 0. The summed E-state index contributed by atoms with van der Waals surface area (Å²) in [6, 6.07) is 11.2. The van der Waals surface area contributed by atoms with Crippen molar-refractivity contribution in [2.45, 2.75) is 26.7 Å². The van der Waals surface area contributed by atoms with Crippen LogP contribution in [-0.4, -0.2) is 23.3 Å². The molecule has 0 bridgehead atoms. The minimum Gasteiger partial charge on any atom is -0.454 e. The van der Waals surface area contributed by atoms with Crippen molar-refractivity contribution in [3.05, 3.63) is 74.8 Å². The predicted octanol–water partition coefficient (Wildman–Crippen LogP) is 3.90. The lowest BCUT2D eigenvalue weighted by Crippen LogP contribution is -2.14. The minimum atomic E-state index is -0.686. The van der Waals surface area contributed by atoms with Crippen LogP contribution >= 0.6 is 0 Å². The maximum atomic E-state index is 12.1. The molecule has 0 unspecified atom stereocenters. The molecule has 0 aliphatic carbocycles. The molecule has 0 aliphatic rings. The highest BCUT2D eigenvalue weighted by Gasteiger charge is 2.16. The number of aryl methyl sites for hydroxylation is 2. The fourth-order valence-electron chi connectivity index (χ4n) is 2.43. The number of nitro benzene ring substituents is 1. The van der Waals surface area contributed by atoms with Crippen molar-refractivity contribution in [1.29, 1.82) is 0 Å². The maximum absolute atomic E-state index is 12.1. The van der Waals surface area contributed by atoms with Gasteiger partial charge in [0, 0.05) is 17.2 Å². The lowest BCUT2D eigenvalue weighted by Gasteiger charge is -2.06. The Morgan fingerprint density at radius 2 is 1.72 bits per heavy atom. The van der Waals surface area contributed by atoms with Gasteiger partial charge < -0.3 is 4.74 Å². The number of nitrogens with zero attached hydrogens (tertiary/aromatic N) is 1. The first kappa shape index (κ1) is 18.3. The van der Waals surface area contributed by atoms with Crippen LogP contribution in [0, 0.1) is 17.0 Å². The van der Waals surface area contributed by atoms with Crippen LogP contribution < -0.4 is 0 Å². The fourth-order valence-corrected chi connectivity index (χ4v) is 2.43. The Labute approximate surface area is 145 Å². The Bertz CT molecular complexity index is 796. The summed E-state index contributed by atoms with van der Waals surface area (Å²) in [6.45, 7) is 3.25. The van der Waals surface area contributed by atoms with Crippen LogP contribution in [0.15, 0.2) is 42.5 Å². The number of carbonyl (C=O) groups is 2. The first-order valence-electron chi connectivity index (χ1n) is 7.96. The normalized spacial score (nSPS) is 10.3. The van der Waals surface area contributed by atoms with Gasteiger partial charge in [-0.25, -0.2) is 4.79 Å². The van der Waals surface area contributed by atoms with E-state index in [1.54, 1.807) is 12.1 Å². The summed E-state index contributed by atoms with van der Waals surface area (Å²) in [5.74, 6) is -0.982. The molecule has 0 aromatic heterocycles. The molecule has 0 heterocycles. The van der Waals surface area contributed by atoms with E-state index in [0.717, 1.165) is 18.4 Å². The number of benzene rings is 2. The van der Waals surface area contributed by atoms with Gasteiger partial charge in [-0.05, 0) is 31.0 Å². The van der Waals surface area contributed by atoms with Crippen molar-refractivity contribution in [3.63, 3.8) is 0 Å². The van der Waals surface area contributed by atoms with Crippen molar-refractivity contribution in [3.8, 4) is 0 Å². The van der Waals surface area contributed by atoms with Gasteiger partial charge in [0.2, 0.25) is 0 Å². The molecule has 0 spiro atoms. The van der Waals surface area contributed by atoms with E-state index in [1.807, 2.05) is 12.1 Å². The molecule has 2 aromatic carbocycles. The summed E-state index contributed by atoms with van der Waals surface area (Å²) < 4.78 is 5.02. The number of hydrogen-bond donors (Lipinski definition) is 0. The molecule has 6 nitrogen and oxygen atoms in total. The quantitative estimate of drug-likeness (QED) is 0.330. The Kier molecular flexibility index (Phi) is 6.00. The number of carbonyl (C=O) groups excluding carboxylic acids is 2. The molecule has 0 saturated heterocycles. The summed E-state index contributed by atoms with van der Waals surface area (Å²) in [4.78, 5) is 34.4. The van der Waals surface area contributed by atoms with E-state index in [-0.39, 0.29) is 23.6 Å². The van der Waals surface area contributed by atoms with E-state index in [9.17, 15) is 19.7 Å². The highest BCUT2D eigenvalue weighted by molar-refractivity contribution is 5.99. The Hall–Kier alpha value is -3.02. The highest BCUT2D eigenvalue weighted by atomic mass is 16.6. The Balaban J connectivity index is 1.98. The van der Waals surface area contributed by atoms with Crippen molar-refractivity contribution in [2.24, 2.45) is 0 Å². The van der Waals surface area contributed by atoms with Gasteiger partial charge in [-0.3, -0.25) is 14.9 Å². The summed E-state index contributed by atoms with van der Waals surface area (Å²) in [7, 11) is 0. The zero-order valence-electron chi connectivity index (χ0n) is 14.2. The number of ketones is 1. The summed E-state index contributed by atoms with van der Waals surface area (Å²) in [5.41, 5.74) is 2.09. The van der Waals surface area contributed by atoms with Crippen LogP contribution in [0.3, 0.4) is 0 Å². The van der Waals surface area contributed by atoms with Crippen molar-refractivity contribution in [1.82, 2.24) is 0 Å². The van der Waals surface area contributed by atoms with E-state index in [1.165, 1.54) is 25.1 Å². The van der Waals surface area contributed by atoms with E-state index >= 15 is 0 Å². The topological polar surface area (TPSA) is 86.5 Å². The Morgan fingerprint density at radius 3 is 2.28 bits per heavy atom. The largest absolute Gasteiger partial charge is 0.454 e. The molecule has 0 N–H and O–H groups in total. The third kappa shape index (κ3) is 4.73. The molecule has 2 aromatic rings. The molecule has 0 saturated carbocycles. The third-order valence-corrected chi connectivity index (χ3v) is 3.78. The van der Waals surface area contributed by atoms with Gasteiger partial charge in [0.1, 0.15) is 0 Å². The van der Waals surface area contributed by atoms with E-state index < -0.39 is 10.9 Å². The number of nitro groups is 1. The number of ether oxygens (including phenoxy) is 1. The second kappa shape index (κ2) is 8.19. The predicted molar refractivity (Wildman–Crippen MR) is 92.9 cm³/mol. The van der Waals surface area contributed by atoms with Gasteiger partial charge in [-0.15, -0.1) is 0 Å². The zero-order chi connectivity index (χ0) is 18.4. The molecule has 0 atom stereocenters. The van der Waals surface area contributed by atoms with Crippen LogP contribution in [0.25, 0.3) is 0 Å². The van der Waals surface area contributed by atoms with E-state index in [4.69, 9.17) is 4.74 Å². The van der Waals surface area contributed by atoms with Gasteiger partial charge in [-0.2, -0.15) is 0 Å². The molecule has 0 aliphatic heterocycles. The maximum Gasteiger partial charge on any atom is 0.338 e. The molecule has 0 radical (unpaired) electrons. The van der Waals surface area contributed by atoms with Gasteiger partial charge in [0.05, 0.1) is 10.5 Å². The van der Waals surface area contributed by atoms with Gasteiger partial charge in [0.25, 0.3) is 5.69 Å². The zero-order valence-corrected chi connectivity index (χ0v) is 14.2. The molecular formula is C19H19NO5. The monoisotopic (exact) mass is 341 g/mol. The number of esters is 1. The molecule has 0 fully saturated rings. The third-order valence-electron chi connectivity index (χ3n) is 3.78. The number of Topliss-reactive ketones (excluding diaryl/α,β-unsaturated/α-hetero) is 1. The molecule has 130 valence electrons. The van der Waals surface area contributed by atoms with Crippen LogP contribution in [0.2, 0.25) is 0 Å². The Morgan fingerprint density at radius 1 is 1.08 bits per heavy atom. The summed E-state index contributed by atoms with van der Waals surface area (Å²) in [6.07, 6.45) is 1.97. The summed E-state index contributed by atoms with van der Waals surface area (Å²) in [5, 5.41) is 10.8. The molecule has 25 heavy (non-hydrogen) atoms. The second-order valence-electron chi connectivity index (χ2n) is 5.70. The first-order chi connectivity index (χ1) is 11.9. The average Bonchev–Trinajstić information content (AvgIpc) is 2.59. The van der Waals surface area contributed by atoms with Crippen LogP contribution in [0.4, 0.5) is 5.69 Å². The minimum absolute atomic E-state index is 0.0696. The molecular weight excluding hydrogens is 322 g/mol. The SMILES string of the molecule is CCCc1ccc(C(=O)COC(=O)c2ccc([N+](=O)[O-])c(C)c2)cc1. The molecule has 0 amide bonds. The highest BCUT2D eigenvalue weighted by Crippen LogP contribution is 2.19. The van der Waals surface area contributed by atoms with Crippen LogP contribution in [0.5, 0.6) is 0 Å². The van der Waals surface area contributed by atoms with Gasteiger partial charge >= 0.3 is 5.97 Å². The van der Waals surface area contributed by atoms with Crippen molar-refractivity contribution >= 4 is 17.4 Å². The van der Waals surface area contributed by atoms with Gasteiger partial charge in [0.15, 0.2) is 12.4 Å². The van der Waals surface area contributed by atoms with E-state index in [0.29, 0.717) is 11.1 Å². The van der Waals surface area contributed by atoms with Crippen LogP contribution in [-0.2, 0) is 11.2 Å². The fraction of sp³-hybridized carbons (Fsp3) is 0.263. The van der Waals surface area contributed by atoms with E-state index in [2.05, 4.69) is 6.92 Å². The first-order valence-corrected chi connectivity index (χ1v) is 7.96. The average molecular weight is 341 g/mol. The lowest BCUT2D eigenvalue weighted by atomic mass is 10.1. The standard InChI is InChI=1S/C19H19NO5/c1-3-4-14-5-7-15(8-6-14)18(21)12-25-19(22)16-9-10-17(20(23)24)13(2)11-16/h5-11H,3-4,12H2,1-2H3. The van der Waals surface area contributed by atoms with Crippen molar-refractivity contribution in [2.75, 3.05) is 6.61 Å². The smallest absolute Gasteiger partial charge is 0.338 e. The molecule has 2 rings (SSSR count).